The van der Waals surface area contributed by atoms with Gasteiger partial charge in [-0.2, -0.15) is 0 Å². The molecule has 0 spiro atoms. The third-order valence-electron chi connectivity index (χ3n) is 5.90. The molecule has 1 saturated heterocycles. The fourth-order valence-electron chi connectivity index (χ4n) is 4.47. The molecule has 1 aromatic carbocycles. The maximum absolute atomic E-state index is 13.6. The van der Waals surface area contributed by atoms with E-state index < -0.39 is 11.7 Å². The lowest BCUT2D eigenvalue weighted by molar-refractivity contribution is -0.130. The highest BCUT2D eigenvalue weighted by molar-refractivity contribution is 5.94. The minimum Gasteiger partial charge on any atom is -0.379 e. The molecule has 1 aliphatic heterocycles. The van der Waals surface area contributed by atoms with Crippen LogP contribution in [0, 0.1) is 17.7 Å². The second-order valence-electron chi connectivity index (χ2n) is 7.86. The highest BCUT2D eigenvalue weighted by Gasteiger charge is 2.43. The van der Waals surface area contributed by atoms with Crippen molar-refractivity contribution >= 4 is 17.7 Å². The summed E-state index contributed by atoms with van der Waals surface area (Å²) in [4.78, 5) is 37.9. The third kappa shape index (κ3) is 5.12. The molecule has 1 heterocycles. The van der Waals surface area contributed by atoms with E-state index in [1.165, 1.54) is 25.1 Å². The van der Waals surface area contributed by atoms with Crippen LogP contribution in [0.4, 0.5) is 4.39 Å². The first-order valence-corrected chi connectivity index (χ1v) is 9.99. The molecule has 0 bridgehead atoms. The number of hydrogen-bond acceptors (Lipinski definition) is 4. The van der Waals surface area contributed by atoms with Crippen LogP contribution in [0.15, 0.2) is 24.3 Å². The number of ether oxygens (including phenoxy) is 1. The van der Waals surface area contributed by atoms with Crippen LogP contribution in [-0.2, 0) is 14.3 Å². The lowest BCUT2D eigenvalue weighted by Crippen LogP contribution is -2.49. The van der Waals surface area contributed by atoms with Gasteiger partial charge in [-0.3, -0.25) is 14.4 Å². The van der Waals surface area contributed by atoms with Crippen LogP contribution in [0.2, 0.25) is 0 Å². The maximum Gasteiger partial charge on any atom is 0.254 e. The number of amides is 3. The van der Waals surface area contributed by atoms with Gasteiger partial charge in [0.05, 0.1) is 17.7 Å². The van der Waals surface area contributed by atoms with E-state index in [2.05, 4.69) is 10.6 Å². The van der Waals surface area contributed by atoms with Gasteiger partial charge in [0.1, 0.15) is 5.82 Å². The quantitative estimate of drug-likeness (QED) is 0.748. The number of carbonyl (C=O) groups is 3. The molecule has 0 radical (unpaired) electrons. The topological polar surface area (TPSA) is 87.7 Å². The normalized spacial score (nSPS) is 26.0. The van der Waals surface area contributed by atoms with Crippen LogP contribution in [0.25, 0.3) is 0 Å². The van der Waals surface area contributed by atoms with Crippen molar-refractivity contribution in [3.8, 4) is 0 Å². The van der Waals surface area contributed by atoms with E-state index >= 15 is 0 Å². The lowest BCUT2D eigenvalue weighted by atomic mass is 9.77. The molecule has 8 heteroatoms. The standard InChI is InChI=1S/C21H28FN3O4/c1-13(26)24-18-9-14-11-25(12-15(14)10-19(18)29-2)20(27)7-8-23-21(28)16-5-3-4-6-17(16)22/h3-6,14-15,18-19H,7-12H2,1-2H3,(H,23,28)(H,24,26)/t14-,15+,18-,19-/m1/s1. The summed E-state index contributed by atoms with van der Waals surface area (Å²) in [5.41, 5.74) is -0.0261. The lowest BCUT2D eigenvalue weighted by Gasteiger charge is -2.37. The predicted molar refractivity (Wildman–Crippen MR) is 105 cm³/mol. The van der Waals surface area contributed by atoms with Crippen molar-refractivity contribution in [2.24, 2.45) is 11.8 Å². The summed E-state index contributed by atoms with van der Waals surface area (Å²) < 4.78 is 19.2. The Bertz CT molecular complexity index is 772. The van der Waals surface area contributed by atoms with Crippen molar-refractivity contribution in [3.63, 3.8) is 0 Å². The molecule has 4 atom stereocenters. The number of nitrogens with one attached hydrogen (secondary N) is 2. The molecule has 0 unspecified atom stereocenters. The number of fused-ring (bicyclic) bond motifs is 1. The molecule has 3 amide bonds. The zero-order valence-electron chi connectivity index (χ0n) is 16.8. The van der Waals surface area contributed by atoms with E-state index in [0.29, 0.717) is 24.9 Å². The molecule has 29 heavy (non-hydrogen) atoms. The molecule has 0 aromatic heterocycles. The Morgan fingerprint density at radius 1 is 1.17 bits per heavy atom. The molecule has 2 aliphatic rings. The van der Waals surface area contributed by atoms with Gasteiger partial charge in [-0.15, -0.1) is 0 Å². The third-order valence-corrected chi connectivity index (χ3v) is 5.90. The summed E-state index contributed by atoms with van der Waals surface area (Å²) in [6.07, 6.45) is 1.72. The van der Waals surface area contributed by atoms with Crippen LogP contribution in [0.1, 0.15) is 36.5 Å². The number of rotatable bonds is 6. The molecule has 7 nitrogen and oxygen atoms in total. The maximum atomic E-state index is 13.6. The van der Waals surface area contributed by atoms with Gasteiger partial charge in [0.25, 0.3) is 5.91 Å². The predicted octanol–water partition coefficient (Wildman–Crippen LogP) is 1.33. The second kappa shape index (κ2) is 9.35. The number of likely N-dealkylation sites (tertiary alicyclic amines) is 1. The molecule has 3 rings (SSSR count). The Kier molecular flexibility index (Phi) is 6.84. The Labute approximate surface area is 170 Å². The first-order chi connectivity index (χ1) is 13.9. The van der Waals surface area contributed by atoms with E-state index in [4.69, 9.17) is 4.74 Å². The Balaban J connectivity index is 1.48. The van der Waals surface area contributed by atoms with Gasteiger partial charge in [0, 0.05) is 40.1 Å². The summed E-state index contributed by atoms with van der Waals surface area (Å²) >= 11 is 0. The smallest absolute Gasteiger partial charge is 0.254 e. The average molecular weight is 405 g/mol. The molecule has 2 N–H and O–H groups in total. The van der Waals surface area contributed by atoms with Crippen LogP contribution < -0.4 is 10.6 Å². The Morgan fingerprint density at radius 2 is 1.86 bits per heavy atom. The van der Waals surface area contributed by atoms with E-state index in [9.17, 15) is 18.8 Å². The summed E-state index contributed by atoms with van der Waals surface area (Å²) in [6.45, 7) is 2.97. The van der Waals surface area contributed by atoms with Gasteiger partial charge in [-0.25, -0.2) is 4.39 Å². The summed E-state index contributed by atoms with van der Waals surface area (Å²) in [5.74, 6) is -0.532. The largest absolute Gasteiger partial charge is 0.379 e. The van der Waals surface area contributed by atoms with Crippen molar-refractivity contribution in [3.05, 3.63) is 35.6 Å². The molecule has 2 fully saturated rings. The van der Waals surface area contributed by atoms with Crippen LogP contribution in [0.3, 0.4) is 0 Å². The zero-order chi connectivity index (χ0) is 21.0. The minimum absolute atomic E-state index is 0.0261. The van der Waals surface area contributed by atoms with Crippen molar-refractivity contribution in [2.75, 3.05) is 26.7 Å². The van der Waals surface area contributed by atoms with E-state index in [1.807, 2.05) is 4.90 Å². The fourth-order valence-corrected chi connectivity index (χ4v) is 4.47. The Morgan fingerprint density at radius 3 is 2.52 bits per heavy atom. The molecule has 158 valence electrons. The number of benzene rings is 1. The summed E-state index contributed by atoms with van der Waals surface area (Å²) in [5, 5.41) is 5.57. The summed E-state index contributed by atoms with van der Waals surface area (Å²) in [6, 6.07) is 5.72. The van der Waals surface area contributed by atoms with Gasteiger partial charge < -0.3 is 20.3 Å². The van der Waals surface area contributed by atoms with Gasteiger partial charge in [-0.05, 0) is 36.8 Å². The van der Waals surface area contributed by atoms with Crippen molar-refractivity contribution in [1.82, 2.24) is 15.5 Å². The molecular weight excluding hydrogens is 377 g/mol. The number of halogens is 1. The number of carbonyl (C=O) groups excluding carboxylic acids is 3. The number of nitrogens with zero attached hydrogens (tertiary/aromatic N) is 1. The highest BCUT2D eigenvalue weighted by Crippen LogP contribution is 2.37. The van der Waals surface area contributed by atoms with E-state index in [-0.39, 0.29) is 42.5 Å². The van der Waals surface area contributed by atoms with Crippen molar-refractivity contribution in [1.29, 1.82) is 0 Å². The van der Waals surface area contributed by atoms with Gasteiger partial charge in [-0.1, -0.05) is 12.1 Å². The highest BCUT2D eigenvalue weighted by atomic mass is 19.1. The zero-order valence-corrected chi connectivity index (χ0v) is 16.8. The summed E-state index contributed by atoms with van der Waals surface area (Å²) in [7, 11) is 1.65. The molecule has 1 aromatic rings. The monoisotopic (exact) mass is 405 g/mol. The van der Waals surface area contributed by atoms with Gasteiger partial charge in [0.2, 0.25) is 11.8 Å². The van der Waals surface area contributed by atoms with Crippen LogP contribution >= 0.6 is 0 Å². The SMILES string of the molecule is CO[C@@H]1C[C@H]2CN(C(=O)CCNC(=O)c3ccccc3F)C[C@H]2C[C@H]1NC(C)=O. The van der Waals surface area contributed by atoms with Gasteiger partial charge in [0.15, 0.2) is 0 Å². The van der Waals surface area contributed by atoms with E-state index in [0.717, 1.165) is 12.8 Å². The molecule has 1 saturated carbocycles. The minimum atomic E-state index is -0.582. The molecule has 1 aliphatic carbocycles. The van der Waals surface area contributed by atoms with Crippen molar-refractivity contribution in [2.45, 2.75) is 38.3 Å². The first kappa shape index (κ1) is 21.2. The average Bonchev–Trinajstić information content (AvgIpc) is 3.10. The molecular formula is C21H28FN3O4. The Hall–Kier alpha value is -2.48. The number of methoxy groups -OCH3 is 1. The fraction of sp³-hybridized carbons (Fsp3) is 0.571. The first-order valence-electron chi connectivity index (χ1n) is 9.99. The van der Waals surface area contributed by atoms with Crippen LogP contribution in [0.5, 0.6) is 0 Å². The van der Waals surface area contributed by atoms with Crippen molar-refractivity contribution < 1.29 is 23.5 Å². The number of hydrogen-bond donors (Lipinski definition) is 2. The second-order valence-corrected chi connectivity index (χ2v) is 7.86. The van der Waals surface area contributed by atoms with Crippen LogP contribution in [-0.4, -0.2) is 61.5 Å². The van der Waals surface area contributed by atoms with E-state index in [1.54, 1.807) is 13.2 Å². The van der Waals surface area contributed by atoms with Gasteiger partial charge >= 0.3 is 0 Å².